The Morgan fingerprint density at radius 1 is 1.69 bits per heavy atom. The predicted molar refractivity (Wildman–Crippen MR) is 48.4 cm³/mol. The molecule has 0 bridgehead atoms. The standard InChI is InChI=1S/C9H16N2O2/c1-7(12)11-8-4-9(13-5-8)2-3-10-6-9/h8,10H,2-6H2,1H3,(H,11,12)/t8-,9+/m1/s1. The quantitative estimate of drug-likeness (QED) is 0.585. The average molecular weight is 184 g/mol. The first-order valence-corrected chi connectivity index (χ1v) is 4.82. The van der Waals surface area contributed by atoms with Crippen molar-refractivity contribution >= 4 is 5.91 Å². The number of carbonyl (C=O) groups excluding carboxylic acids is 1. The van der Waals surface area contributed by atoms with Crippen molar-refractivity contribution in [2.45, 2.75) is 31.4 Å². The molecule has 2 aliphatic heterocycles. The molecule has 0 radical (unpaired) electrons. The third-order valence-corrected chi connectivity index (χ3v) is 2.82. The normalized spacial score (nSPS) is 38.4. The van der Waals surface area contributed by atoms with Gasteiger partial charge >= 0.3 is 0 Å². The van der Waals surface area contributed by atoms with E-state index in [1.807, 2.05) is 0 Å². The van der Waals surface area contributed by atoms with Crippen molar-refractivity contribution in [2.24, 2.45) is 0 Å². The van der Waals surface area contributed by atoms with Gasteiger partial charge in [0.15, 0.2) is 0 Å². The number of rotatable bonds is 1. The molecule has 2 aliphatic rings. The van der Waals surface area contributed by atoms with Gasteiger partial charge < -0.3 is 15.4 Å². The first-order chi connectivity index (χ1) is 6.20. The predicted octanol–water partition coefficient (Wildman–Crippen LogP) is -0.357. The van der Waals surface area contributed by atoms with Crippen molar-refractivity contribution in [3.8, 4) is 0 Å². The molecule has 4 nitrogen and oxygen atoms in total. The molecule has 1 amide bonds. The molecule has 0 unspecified atom stereocenters. The van der Waals surface area contributed by atoms with Crippen LogP contribution in [-0.2, 0) is 9.53 Å². The van der Waals surface area contributed by atoms with Crippen LogP contribution >= 0.6 is 0 Å². The molecule has 13 heavy (non-hydrogen) atoms. The lowest BCUT2D eigenvalue weighted by Gasteiger charge is -2.20. The van der Waals surface area contributed by atoms with Gasteiger partial charge in [0.05, 0.1) is 18.2 Å². The Bertz CT molecular complexity index is 212. The zero-order chi connectivity index (χ0) is 9.31. The molecule has 2 atom stereocenters. The number of carbonyl (C=O) groups is 1. The summed E-state index contributed by atoms with van der Waals surface area (Å²) in [6.45, 7) is 4.19. The fourth-order valence-corrected chi connectivity index (χ4v) is 2.24. The number of hydrogen-bond acceptors (Lipinski definition) is 3. The molecule has 1 spiro atoms. The molecule has 0 saturated carbocycles. The van der Waals surface area contributed by atoms with Crippen LogP contribution in [0.5, 0.6) is 0 Å². The lowest BCUT2D eigenvalue weighted by Crippen LogP contribution is -2.36. The highest BCUT2D eigenvalue weighted by atomic mass is 16.5. The Morgan fingerprint density at radius 2 is 2.54 bits per heavy atom. The molecule has 0 aliphatic carbocycles. The van der Waals surface area contributed by atoms with E-state index in [4.69, 9.17) is 4.74 Å². The van der Waals surface area contributed by atoms with Crippen molar-refractivity contribution in [1.29, 1.82) is 0 Å². The molecule has 4 heteroatoms. The van der Waals surface area contributed by atoms with Crippen LogP contribution in [0.2, 0.25) is 0 Å². The number of ether oxygens (including phenoxy) is 1. The monoisotopic (exact) mass is 184 g/mol. The van der Waals surface area contributed by atoms with Crippen LogP contribution in [0, 0.1) is 0 Å². The maximum Gasteiger partial charge on any atom is 0.217 e. The van der Waals surface area contributed by atoms with Crippen LogP contribution in [0.3, 0.4) is 0 Å². The molecule has 2 fully saturated rings. The number of hydrogen-bond donors (Lipinski definition) is 2. The van der Waals surface area contributed by atoms with Crippen molar-refractivity contribution in [3.63, 3.8) is 0 Å². The van der Waals surface area contributed by atoms with E-state index in [2.05, 4.69) is 10.6 Å². The van der Waals surface area contributed by atoms with Crippen LogP contribution in [0.15, 0.2) is 0 Å². The Labute approximate surface area is 78.0 Å². The minimum absolute atomic E-state index is 0.0209. The lowest BCUT2D eigenvalue weighted by molar-refractivity contribution is -0.119. The summed E-state index contributed by atoms with van der Waals surface area (Å²) in [5.41, 5.74) is 0.0209. The fourth-order valence-electron chi connectivity index (χ4n) is 2.24. The fraction of sp³-hybridized carbons (Fsp3) is 0.889. The van der Waals surface area contributed by atoms with Crippen molar-refractivity contribution in [1.82, 2.24) is 10.6 Å². The number of nitrogens with one attached hydrogen (secondary N) is 2. The topological polar surface area (TPSA) is 50.4 Å². The van der Waals surface area contributed by atoms with Crippen molar-refractivity contribution in [2.75, 3.05) is 19.7 Å². The first-order valence-electron chi connectivity index (χ1n) is 4.82. The molecule has 2 saturated heterocycles. The Hall–Kier alpha value is -0.610. The van der Waals surface area contributed by atoms with Gasteiger partial charge in [-0.15, -0.1) is 0 Å². The van der Waals surface area contributed by atoms with Crippen molar-refractivity contribution < 1.29 is 9.53 Å². The molecule has 74 valence electrons. The second-order valence-electron chi connectivity index (χ2n) is 4.02. The summed E-state index contributed by atoms with van der Waals surface area (Å²) in [5, 5.41) is 6.19. The van der Waals surface area contributed by atoms with E-state index in [-0.39, 0.29) is 17.6 Å². The third-order valence-electron chi connectivity index (χ3n) is 2.82. The van der Waals surface area contributed by atoms with Crippen LogP contribution in [0.4, 0.5) is 0 Å². The van der Waals surface area contributed by atoms with Gasteiger partial charge in [-0.1, -0.05) is 0 Å². The highest BCUT2D eigenvalue weighted by Gasteiger charge is 2.42. The van der Waals surface area contributed by atoms with Gasteiger partial charge in [0, 0.05) is 19.9 Å². The molecular formula is C9H16N2O2. The van der Waals surface area contributed by atoms with Gasteiger partial charge in [-0.2, -0.15) is 0 Å². The van der Waals surface area contributed by atoms with E-state index < -0.39 is 0 Å². The lowest BCUT2D eigenvalue weighted by atomic mass is 9.97. The van der Waals surface area contributed by atoms with E-state index in [9.17, 15) is 4.79 Å². The molecule has 0 aromatic carbocycles. The summed E-state index contributed by atoms with van der Waals surface area (Å²) < 4.78 is 5.74. The SMILES string of the molecule is CC(=O)N[C@H]1CO[C@@]2(CCNC2)C1. The first kappa shape index (κ1) is 8.97. The van der Waals surface area contributed by atoms with E-state index >= 15 is 0 Å². The molecule has 0 aromatic rings. The van der Waals surface area contributed by atoms with Crippen LogP contribution in [-0.4, -0.2) is 37.2 Å². The number of amides is 1. The van der Waals surface area contributed by atoms with Crippen LogP contribution in [0.1, 0.15) is 19.8 Å². The molecule has 2 rings (SSSR count). The van der Waals surface area contributed by atoms with Gasteiger partial charge in [0.25, 0.3) is 0 Å². The highest BCUT2D eigenvalue weighted by Crippen LogP contribution is 2.31. The van der Waals surface area contributed by atoms with Gasteiger partial charge in [-0.25, -0.2) is 0 Å². The van der Waals surface area contributed by atoms with Crippen molar-refractivity contribution in [3.05, 3.63) is 0 Å². The zero-order valence-electron chi connectivity index (χ0n) is 7.93. The molecule has 0 aromatic heterocycles. The van der Waals surface area contributed by atoms with E-state index in [1.54, 1.807) is 6.92 Å². The summed E-state index contributed by atoms with van der Waals surface area (Å²) in [5.74, 6) is 0.0385. The maximum absolute atomic E-state index is 10.8. The van der Waals surface area contributed by atoms with Gasteiger partial charge in [0.2, 0.25) is 5.91 Å². The van der Waals surface area contributed by atoms with Crippen LogP contribution in [0.25, 0.3) is 0 Å². The second kappa shape index (κ2) is 3.27. The zero-order valence-corrected chi connectivity index (χ0v) is 7.93. The highest BCUT2D eigenvalue weighted by molar-refractivity contribution is 5.73. The molecule has 2 N–H and O–H groups in total. The molecular weight excluding hydrogens is 168 g/mol. The Kier molecular flexibility index (Phi) is 2.26. The van der Waals surface area contributed by atoms with E-state index in [0.717, 1.165) is 25.9 Å². The Balaban J connectivity index is 1.89. The Morgan fingerprint density at radius 3 is 3.15 bits per heavy atom. The van der Waals surface area contributed by atoms with Gasteiger partial charge in [-0.05, 0) is 13.0 Å². The summed E-state index contributed by atoms with van der Waals surface area (Å²) in [6, 6.07) is 0.220. The van der Waals surface area contributed by atoms with E-state index in [1.165, 1.54) is 0 Å². The largest absolute Gasteiger partial charge is 0.371 e. The smallest absolute Gasteiger partial charge is 0.217 e. The summed E-state index contributed by atoms with van der Waals surface area (Å²) in [4.78, 5) is 10.8. The summed E-state index contributed by atoms with van der Waals surface area (Å²) in [7, 11) is 0. The third kappa shape index (κ3) is 1.84. The maximum atomic E-state index is 10.8. The molecule has 2 heterocycles. The van der Waals surface area contributed by atoms with Crippen LogP contribution < -0.4 is 10.6 Å². The summed E-state index contributed by atoms with van der Waals surface area (Å²) in [6.07, 6.45) is 2.03. The minimum Gasteiger partial charge on any atom is -0.371 e. The van der Waals surface area contributed by atoms with Gasteiger partial charge in [0.1, 0.15) is 0 Å². The summed E-state index contributed by atoms with van der Waals surface area (Å²) >= 11 is 0. The minimum atomic E-state index is 0.0209. The average Bonchev–Trinajstić information content (AvgIpc) is 2.63. The second-order valence-corrected chi connectivity index (χ2v) is 4.02. The van der Waals surface area contributed by atoms with E-state index in [0.29, 0.717) is 6.61 Å². The van der Waals surface area contributed by atoms with Gasteiger partial charge in [-0.3, -0.25) is 4.79 Å².